The minimum atomic E-state index is 0.463. The van der Waals surface area contributed by atoms with E-state index in [1.165, 1.54) is 25.7 Å². The van der Waals surface area contributed by atoms with Crippen molar-refractivity contribution >= 4 is 0 Å². The van der Waals surface area contributed by atoms with Crippen LogP contribution in [0.25, 0.3) is 0 Å². The van der Waals surface area contributed by atoms with Crippen LogP contribution in [0.2, 0.25) is 0 Å². The van der Waals surface area contributed by atoms with Crippen LogP contribution in [0.15, 0.2) is 0 Å². The summed E-state index contributed by atoms with van der Waals surface area (Å²) in [6.45, 7) is 2.15. The van der Waals surface area contributed by atoms with E-state index in [2.05, 4.69) is 6.92 Å². The van der Waals surface area contributed by atoms with Gasteiger partial charge in [0.25, 0.3) is 0 Å². The van der Waals surface area contributed by atoms with Crippen LogP contribution in [0, 0.1) is 11.3 Å². The standard InChI is InChI=1S/C8H15N/c1-6(9)7-5-8(7)3-2-4-8/h6-7H,2-5,9H2,1H3. The maximum atomic E-state index is 5.78. The summed E-state index contributed by atoms with van der Waals surface area (Å²) in [6.07, 6.45) is 5.84. The molecule has 0 aromatic carbocycles. The normalized spacial score (nSPS) is 40.0. The molecule has 0 saturated heterocycles. The minimum absolute atomic E-state index is 0.463. The summed E-state index contributed by atoms with van der Waals surface area (Å²) in [5.41, 5.74) is 6.57. The fraction of sp³-hybridized carbons (Fsp3) is 1.00. The molecule has 52 valence electrons. The predicted octanol–water partition coefficient (Wildman–Crippen LogP) is 1.52. The van der Waals surface area contributed by atoms with Gasteiger partial charge in [-0.25, -0.2) is 0 Å². The average molecular weight is 125 g/mol. The molecular formula is C8H15N. The van der Waals surface area contributed by atoms with Crippen molar-refractivity contribution in [3.05, 3.63) is 0 Å². The van der Waals surface area contributed by atoms with Crippen molar-refractivity contribution in [3.8, 4) is 0 Å². The van der Waals surface area contributed by atoms with E-state index in [9.17, 15) is 0 Å². The minimum Gasteiger partial charge on any atom is -0.328 e. The molecule has 0 aliphatic heterocycles. The Bertz CT molecular complexity index is 125. The Hall–Kier alpha value is -0.0400. The quantitative estimate of drug-likeness (QED) is 0.565. The van der Waals surface area contributed by atoms with Crippen molar-refractivity contribution in [2.75, 3.05) is 0 Å². The van der Waals surface area contributed by atoms with Crippen LogP contribution in [-0.2, 0) is 0 Å². The molecule has 0 amide bonds. The summed E-state index contributed by atoms with van der Waals surface area (Å²) in [6, 6.07) is 0.463. The van der Waals surface area contributed by atoms with Crippen LogP contribution in [0.4, 0.5) is 0 Å². The maximum absolute atomic E-state index is 5.78. The second-order valence-electron chi connectivity index (χ2n) is 3.89. The van der Waals surface area contributed by atoms with E-state index < -0.39 is 0 Å². The van der Waals surface area contributed by atoms with Gasteiger partial charge < -0.3 is 5.73 Å². The molecule has 2 fully saturated rings. The molecule has 2 saturated carbocycles. The van der Waals surface area contributed by atoms with Gasteiger partial charge in [-0.05, 0) is 37.5 Å². The zero-order valence-corrected chi connectivity index (χ0v) is 6.06. The van der Waals surface area contributed by atoms with Gasteiger partial charge in [0.2, 0.25) is 0 Å². The van der Waals surface area contributed by atoms with E-state index in [0.29, 0.717) is 6.04 Å². The van der Waals surface area contributed by atoms with Crippen LogP contribution in [0.3, 0.4) is 0 Å². The lowest BCUT2D eigenvalue weighted by Gasteiger charge is -2.27. The SMILES string of the molecule is CC(N)C1CC12CCC2. The first-order valence-corrected chi connectivity index (χ1v) is 4.00. The van der Waals surface area contributed by atoms with Crippen LogP contribution in [0.5, 0.6) is 0 Å². The van der Waals surface area contributed by atoms with Crippen molar-refractivity contribution in [1.29, 1.82) is 0 Å². The van der Waals surface area contributed by atoms with Gasteiger partial charge in [0.05, 0.1) is 0 Å². The summed E-state index contributed by atoms with van der Waals surface area (Å²) >= 11 is 0. The number of hydrogen-bond donors (Lipinski definition) is 1. The van der Waals surface area contributed by atoms with Crippen molar-refractivity contribution in [1.82, 2.24) is 0 Å². The first-order chi connectivity index (χ1) is 4.25. The average Bonchev–Trinajstić information content (AvgIpc) is 2.34. The second kappa shape index (κ2) is 1.51. The lowest BCUT2D eigenvalue weighted by Crippen LogP contribution is -2.25. The molecular weight excluding hydrogens is 110 g/mol. The summed E-state index contributed by atoms with van der Waals surface area (Å²) in [4.78, 5) is 0. The van der Waals surface area contributed by atoms with E-state index in [1.54, 1.807) is 0 Å². The largest absolute Gasteiger partial charge is 0.328 e. The van der Waals surface area contributed by atoms with Gasteiger partial charge in [-0.2, -0.15) is 0 Å². The molecule has 0 bridgehead atoms. The Morgan fingerprint density at radius 2 is 2.22 bits per heavy atom. The van der Waals surface area contributed by atoms with Crippen LogP contribution >= 0.6 is 0 Å². The summed E-state index contributed by atoms with van der Waals surface area (Å²) in [5, 5.41) is 0. The van der Waals surface area contributed by atoms with Gasteiger partial charge in [0, 0.05) is 6.04 Å². The number of rotatable bonds is 1. The lowest BCUT2D eigenvalue weighted by molar-refractivity contribution is 0.248. The Morgan fingerprint density at radius 3 is 2.33 bits per heavy atom. The van der Waals surface area contributed by atoms with Crippen molar-refractivity contribution in [2.24, 2.45) is 17.1 Å². The molecule has 0 radical (unpaired) electrons. The van der Waals surface area contributed by atoms with Gasteiger partial charge in [0.15, 0.2) is 0 Å². The molecule has 2 N–H and O–H groups in total. The van der Waals surface area contributed by atoms with Crippen molar-refractivity contribution in [3.63, 3.8) is 0 Å². The molecule has 2 unspecified atom stereocenters. The summed E-state index contributed by atoms with van der Waals surface area (Å²) < 4.78 is 0. The summed E-state index contributed by atoms with van der Waals surface area (Å²) in [5.74, 6) is 0.895. The number of hydrogen-bond acceptors (Lipinski definition) is 1. The molecule has 2 aliphatic rings. The first-order valence-electron chi connectivity index (χ1n) is 4.00. The lowest BCUT2D eigenvalue weighted by atomic mass is 9.79. The van der Waals surface area contributed by atoms with E-state index in [1.807, 2.05) is 0 Å². The Balaban J connectivity index is 1.94. The van der Waals surface area contributed by atoms with Crippen molar-refractivity contribution < 1.29 is 0 Å². The van der Waals surface area contributed by atoms with Crippen molar-refractivity contribution in [2.45, 2.75) is 38.6 Å². The van der Waals surface area contributed by atoms with Gasteiger partial charge >= 0.3 is 0 Å². The summed E-state index contributed by atoms with van der Waals surface area (Å²) in [7, 11) is 0. The van der Waals surface area contributed by atoms with E-state index in [0.717, 1.165) is 11.3 Å². The Morgan fingerprint density at radius 1 is 1.56 bits per heavy atom. The van der Waals surface area contributed by atoms with Gasteiger partial charge in [-0.3, -0.25) is 0 Å². The van der Waals surface area contributed by atoms with E-state index in [-0.39, 0.29) is 0 Å². The molecule has 0 aromatic heterocycles. The van der Waals surface area contributed by atoms with Gasteiger partial charge in [-0.15, -0.1) is 0 Å². The van der Waals surface area contributed by atoms with Crippen LogP contribution in [0.1, 0.15) is 32.6 Å². The van der Waals surface area contributed by atoms with E-state index >= 15 is 0 Å². The predicted molar refractivity (Wildman–Crippen MR) is 38.0 cm³/mol. The van der Waals surface area contributed by atoms with E-state index in [4.69, 9.17) is 5.73 Å². The maximum Gasteiger partial charge on any atom is 0.00442 e. The molecule has 1 nitrogen and oxygen atoms in total. The molecule has 2 rings (SSSR count). The Kier molecular flexibility index (Phi) is 0.963. The zero-order chi connectivity index (χ0) is 6.48. The second-order valence-corrected chi connectivity index (χ2v) is 3.89. The topological polar surface area (TPSA) is 26.0 Å². The highest BCUT2D eigenvalue weighted by Gasteiger charge is 2.58. The third kappa shape index (κ3) is 0.644. The molecule has 9 heavy (non-hydrogen) atoms. The molecule has 2 aliphatic carbocycles. The van der Waals surface area contributed by atoms with Crippen LogP contribution < -0.4 is 5.73 Å². The molecule has 0 heterocycles. The molecule has 2 atom stereocenters. The fourth-order valence-corrected chi connectivity index (χ4v) is 2.33. The molecule has 1 spiro atoms. The third-order valence-electron chi connectivity index (χ3n) is 3.24. The highest BCUT2D eigenvalue weighted by molar-refractivity contribution is 5.09. The zero-order valence-electron chi connectivity index (χ0n) is 6.06. The third-order valence-corrected chi connectivity index (χ3v) is 3.24. The molecule has 0 aromatic rings. The number of nitrogens with two attached hydrogens (primary N) is 1. The fourth-order valence-electron chi connectivity index (χ4n) is 2.33. The van der Waals surface area contributed by atoms with Gasteiger partial charge in [-0.1, -0.05) is 6.42 Å². The van der Waals surface area contributed by atoms with Gasteiger partial charge in [0.1, 0.15) is 0 Å². The molecule has 1 heteroatoms. The van der Waals surface area contributed by atoms with Crippen LogP contribution in [-0.4, -0.2) is 6.04 Å². The monoisotopic (exact) mass is 125 g/mol. The first kappa shape index (κ1) is 5.72. The highest BCUT2D eigenvalue weighted by Crippen LogP contribution is 2.66. The Labute approximate surface area is 56.6 Å². The highest BCUT2D eigenvalue weighted by atomic mass is 14.7. The smallest absolute Gasteiger partial charge is 0.00442 e.